The lowest BCUT2D eigenvalue weighted by Crippen LogP contribution is -2.43. The Balaban J connectivity index is 1.85. The average Bonchev–Trinajstić information content (AvgIpc) is 2.86. The summed E-state index contributed by atoms with van der Waals surface area (Å²) in [4.78, 5) is 27.1. The zero-order valence-corrected chi connectivity index (χ0v) is 20.5. The van der Waals surface area contributed by atoms with Crippen molar-refractivity contribution in [2.45, 2.75) is 39.9 Å². The van der Waals surface area contributed by atoms with Crippen LogP contribution in [-0.4, -0.2) is 43.1 Å². The minimum Gasteiger partial charge on any atom is -0.493 e. The van der Waals surface area contributed by atoms with E-state index in [1.807, 2.05) is 50.2 Å². The smallest absolute Gasteiger partial charge is 0.271 e. The molecule has 0 aliphatic carbocycles. The first-order valence-electron chi connectivity index (χ1n) is 11.5. The van der Waals surface area contributed by atoms with Crippen LogP contribution in [-0.2, 0) is 20.9 Å². The fourth-order valence-electron chi connectivity index (χ4n) is 3.67. The van der Waals surface area contributed by atoms with E-state index >= 15 is 0 Å². The lowest BCUT2D eigenvalue weighted by molar-refractivity contribution is -0.140. The van der Waals surface area contributed by atoms with E-state index in [0.29, 0.717) is 47.8 Å². The van der Waals surface area contributed by atoms with Gasteiger partial charge in [-0.1, -0.05) is 36.4 Å². The van der Waals surface area contributed by atoms with Crippen LogP contribution >= 0.6 is 0 Å². The molecule has 0 spiro atoms. The Bertz CT molecular complexity index is 1180. The van der Waals surface area contributed by atoms with Crippen molar-refractivity contribution in [1.29, 1.82) is 5.26 Å². The first-order valence-corrected chi connectivity index (χ1v) is 11.5. The Morgan fingerprint density at radius 1 is 1.06 bits per heavy atom. The molecule has 2 amide bonds. The third-order valence-electron chi connectivity index (χ3n) is 5.54. The zero-order chi connectivity index (χ0) is 25.4. The molecular weight excluding hydrogens is 444 g/mol. The number of carbonyl (C=O) groups is 2. The van der Waals surface area contributed by atoms with E-state index in [0.717, 1.165) is 10.5 Å². The SMILES string of the molecule is COc1cc(/C=C2/C(=O)N(CCCOC(C)C)C(=O)C(C#N)=C2C)ccc1OCc1ccccc1. The zero-order valence-electron chi connectivity index (χ0n) is 20.5. The standard InChI is InChI=1S/C28H30N2O5/c1-19(2)34-14-8-13-30-27(31)23(20(3)24(17-29)28(30)32)15-22-11-12-25(26(16-22)33-4)35-18-21-9-6-5-7-10-21/h5-7,9-12,15-16,19H,8,13-14,18H2,1-4H3/b23-15+. The van der Waals surface area contributed by atoms with Gasteiger partial charge in [0, 0.05) is 18.7 Å². The van der Waals surface area contributed by atoms with Crippen LogP contribution in [0.25, 0.3) is 6.08 Å². The lowest BCUT2D eigenvalue weighted by Gasteiger charge is -2.27. The van der Waals surface area contributed by atoms with E-state index in [1.165, 1.54) is 0 Å². The van der Waals surface area contributed by atoms with E-state index in [4.69, 9.17) is 14.2 Å². The molecule has 1 aliphatic heterocycles. The Hall–Kier alpha value is -3.89. The maximum atomic E-state index is 13.2. The largest absolute Gasteiger partial charge is 0.493 e. The molecule has 0 fully saturated rings. The minimum atomic E-state index is -0.570. The topological polar surface area (TPSA) is 88.9 Å². The molecule has 0 saturated heterocycles. The third kappa shape index (κ3) is 6.37. The molecule has 0 unspecified atom stereocenters. The summed E-state index contributed by atoms with van der Waals surface area (Å²) in [5.41, 5.74) is 2.34. The molecule has 35 heavy (non-hydrogen) atoms. The van der Waals surface area contributed by atoms with E-state index in [2.05, 4.69) is 0 Å². The molecule has 3 rings (SSSR count). The van der Waals surface area contributed by atoms with Crippen LogP contribution in [0.1, 0.15) is 38.3 Å². The molecule has 0 atom stereocenters. The van der Waals surface area contributed by atoms with Crippen LogP contribution in [0.4, 0.5) is 0 Å². The van der Waals surface area contributed by atoms with Crippen molar-refractivity contribution < 1.29 is 23.8 Å². The summed E-state index contributed by atoms with van der Waals surface area (Å²) in [6.07, 6.45) is 2.22. The Morgan fingerprint density at radius 2 is 1.80 bits per heavy atom. The molecular formula is C28H30N2O5. The number of amides is 2. The summed E-state index contributed by atoms with van der Waals surface area (Å²) in [5.74, 6) is 0.0817. The van der Waals surface area contributed by atoms with E-state index in [1.54, 1.807) is 38.3 Å². The Kier molecular flexibility index (Phi) is 8.82. The van der Waals surface area contributed by atoms with Gasteiger partial charge in [0.15, 0.2) is 11.5 Å². The van der Waals surface area contributed by atoms with Gasteiger partial charge in [-0.3, -0.25) is 14.5 Å². The second kappa shape index (κ2) is 12.0. The van der Waals surface area contributed by atoms with Gasteiger partial charge in [0.2, 0.25) is 0 Å². The number of nitrogens with zero attached hydrogens (tertiary/aromatic N) is 2. The normalized spacial score (nSPS) is 15.1. The summed E-state index contributed by atoms with van der Waals surface area (Å²) in [7, 11) is 1.55. The maximum absolute atomic E-state index is 13.2. The van der Waals surface area contributed by atoms with Gasteiger partial charge < -0.3 is 14.2 Å². The van der Waals surface area contributed by atoms with Crippen molar-refractivity contribution in [2.75, 3.05) is 20.3 Å². The molecule has 0 N–H and O–H groups in total. The highest BCUT2D eigenvalue weighted by Crippen LogP contribution is 2.32. The minimum absolute atomic E-state index is 0.0320. The number of hydrogen-bond acceptors (Lipinski definition) is 6. The highest BCUT2D eigenvalue weighted by atomic mass is 16.5. The van der Waals surface area contributed by atoms with Gasteiger partial charge in [-0.2, -0.15) is 5.26 Å². The predicted molar refractivity (Wildman–Crippen MR) is 132 cm³/mol. The first kappa shape index (κ1) is 25.7. The van der Waals surface area contributed by atoms with Gasteiger partial charge in [-0.15, -0.1) is 0 Å². The molecule has 2 aromatic carbocycles. The quantitative estimate of drug-likeness (QED) is 0.282. The number of ether oxygens (including phenoxy) is 3. The average molecular weight is 475 g/mol. The van der Waals surface area contributed by atoms with E-state index < -0.39 is 11.8 Å². The first-order chi connectivity index (χ1) is 16.8. The van der Waals surface area contributed by atoms with Gasteiger partial charge in [-0.05, 0) is 62.1 Å². The van der Waals surface area contributed by atoms with Crippen LogP contribution in [0.2, 0.25) is 0 Å². The van der Waals surface area contributed by atoms with Gasteiger partial charge in [0.25, 0.3) is 11.8 Å². The van der Waals surface area contributed by atoms with E-state index in [-0.39, 0.29) is 18.2 Å². The number of hydrogen-bond donors (Lipinski definition) is 0. The summed E-state index contributed by atoms with van der Waals surface area (Å²) < 4.78 is 16.9. The predicted octanol–water partition coefficient (Wildman–Crippen LogP) is 4.68. The van der Waals surface area contributed by atoms with Gasteiger partial charge in [0.05, 0.1) is 13.2 Å². The molecule has 0 bridgehead atoms. The van der Waals surface area contributed by atoms with Gasteiger partial charge in [-0.25, -0.2) is 0 Å². The second-order valence-electron chi connectivity index (χ2n) is 8.39. The second-order valence-corrected chi connectivity index (χ2v) is 8.39. The van der Waals surface area contributed by atoms with Crippen molar-refractivity contribution in [1.82, 2.24) is 4.90 Å². The molecule has 0 radical (unpaired) electrons. The Labute approximate surface area is 206 Å². The lowest BCUT2D eigenvalue weighted by atomic mass is 9.93. The summed E-state index contributed by atoms with van der Waals surface area (Å²) >= 11 is 0. The molecule has 2 aromatic rings. The van der Waals surface area contributed by atoms with Crippen molar-refractivity contribution in [3.63, 3.8) is 0 Å². The maximum Gasteiger partial charge on any atom is 0.271 e. The summed E-state index contributed by atoms with van der Waals surface area (Å²) in [6, 6.07) is 17.1. The number of rotatable bonds is 10. The van der Waals surface area contributed by atoms with Crippen molar-refractivity contribution in [3.05, 3.63) is 76.4 Å². The van der Waals surface area contributed by atoms with Crippen LogP contribution in [0.5, 0.6) is 11.5 Å². The third-order valence-corrected chi connectivity index (χ3v) is 5.54. The van der Waals surface area contributed by atoms with Crippen molar-refractivity contribution in [3.8, 4) is 17.6 Å². The fraction of sp³-hybridized carbons (Fsp3) is 0.321. The monoisotopic (exact) mass is 474 g/mol. The van der Waals surface area contributed by atoms with Crippen LogP contribution in [0.3, 0.4) is 0 Å². The molecule has 0 saturated carbocycles. The molecule has 7 nitrogen and oxygen atoms in total. The number of methoxy groups -OCH3 is 1. The summed E-state index contributed by atoms with van der Waals surface area (Å²) in [5, 5.41) is 9.58. The number of nitriles is 1. The number of carbonyl (C=O) groups excluding carboxylic acids is 2. The highest BCUT2D eigenvalue weighted by molar-refractivity contribution is 6.19. The molecule has 7 heteroatoms. The van der Waals surface area contributed by atoms with Crippen LogP contribution in [0, 0.1) is 11.3 Å². The molecule has 0 aromatic heterocycles. The van der Waals surface area contributed by atoms with Crippen LogP contribution in [0.15, 0.2) is 65.3 Å². The highest BCUT2D eigenvalue weighted by Gasteiger charge is 2.35. The van der Waals surface area contributed by atoms with Gasteiger partial charge in [0.1, 0.15) is 18.2 Å². The number of benzene rings is 2. The van der Waals surface area contributed by atoms with Crippen LogP contribution < -0.4 is 9.47 Å². The van der Waals surface area contributed by atoms with E-state index in [9.17, 15) is 14.9 Å². The fourth-order valence-corrected chi connectivity index (χ4v) is 3.67. The van der Waals surface area contributed by atoms with Crippen molar-refractivity contribution >= 4 is 17.9 Å². The number of imide groups is 1. The summed E-state index contributed by atoms with van der Waals surface area (Å²) in [6.45, 7) is 6.44. The molecule has 182 valence electrons. The van der Waals surface area contributed by atoms with Crippen molar-refractivity contribution in [2.24, 2.45) is 0 Å². The molecule has 1 aliphatic rings. The Morgan fingerprint density at radius 3 is 2.46 bits per heavy atom. The van der Waals surface area contributed by atoms with Gasteiger partial charge >= 0.3 is 0 Å². The molecule has 1 heterocycles.